The minimum absolute atomic E-state index is 0.0726. The van der Waals surface area contributed by atoms with Crippen LogP contribution in [0.15, 0.2) is 30.5 Å². The fraction of sp³-hybridized carbons (Fsp3) is 0.200. The second-order valence-corrected chi connectivity index (χ2v) is 5.10. The highest BCUT2D eigenvalue weighted by molar-refractivity contribution is 5.76. The third-order valence-corrected chi connectivity index (χ3v) is 3.80. The number of alkyl halides is 3. The van der Waals surface area contributed by atoms with Gasteiger partial charge in [0.25, 0.3) is 0 Å². The van der Waals surface area contributed by atoms with Gasteiger partial charge in [-0.05, 0) is 30.2 Å². The van der Waals surface area contributed by atoms with Gasteiger partial charge in [0.1, 0.15) is 11.6 Å². The zero-order valence-electron chi connectivity index (χ0n) is 12.0. The molecule has 24 heavy (non-hydrogen) atoms. The lowest BCUT2D eigenvalue weighted by Crippen LogP contribution is -2.17. The van der Waals surface area contributed by atoms with Crippen LogP contribution in [0.5, 0.6) is 0 Å². The summed E-state index contributed by atoms with van der Waals surface area (Å²) in [6, 6.07) is 6.60. The average molecular weight is 334 g/mol. The van der Waals surface area contributed by atoms with Crippen molar-refractivity contribution in [3.8, 4) is 6.07 Å². The number of aromatic nitrogens is 1. The minimum atomic E-state index is -4.50. The summed E-state index contributed by atoms with van der Waals surface area (Å²) in [5, 5.41) is 20.3. The van der Waals surface area contributed by atoms with Crippen molar-refractivity contribution >= 4 is 17.2 Å². The molecule has 0 atom stereocenters. The van der Waals surface area contributed by atoms with Crippen molar-refractivity contribution in [2.45, 2.75) is 12.6 Å². The Balaban J connectivity index is 2.18. The maximum Gasteiger partial charge on any atom is 0.416 e. The van der Waals surface area contributed by atoms with Crippen LogP contribution in [0, 0.1) is 21.4 Å². The normalized spacial score (nSPS) is 13.5. The molecule has 1 aromatic carbocycles. The third-order valence-electron chi connectivity index (χ3n) is 3.80. The summed E-state index contributed by atoms with van der Waals surface area (Å²) in [4.78, 5) is 15.8. The van der Waals surface area contributed by atoms with Crippen molar-refractivity contribution < 1.29 is 18.1 Å². The van der Waals surface area contributed by atoms with Crippen molar-refractivity contribution in [2.75, 3.05) is 11.4 Å². The molecule has 0 N–H and O–H groups in total. The Morgan fingerprint density at radius 1 is 1.33 bits per heavy atom. The van der Waals surface area contributed by atoms with E-state index in [4.69, 9.17) is 5.26 Å². The Morgan fingerprint density at radius 2 is 2.08 bits per heavy atom. The van der Waals surface area contributed by atoms with Gasteiger partial charge in [0.15, 0.2) is 0 Å². The molecular formula is C15H9F3N4O2. The van der Waals surface area contributed by atoms with Crippen molar-refractivity contribution in [3.63, 3.8) is 0 Å². The molecular weight excluding hydrogens is 325 g/mol. The first-order valence-corrected chi connectivity index (χ1v) is 6.84. The maximum absolute atomic E-state index is 13.1. The number of nitro groups is 1. The van der Waals surface area contributed by atoms with Crippen molar-refractivity contribution in [2.24, 2.45) is 0 Å². The lowest BCUT2D eigenvalue weighted by Gasteiger charge is -2.19. The molecule has 0 aliphatic carbocycles. The predicted octanol–water partition coefficient (Wildman–Crippen LogP) is 3.57. The fourth-order valence-corrected chi connectivity index (χ4v) is 2.83. The molecule has 0 unspecified atom stereocenters. The van der Waals surface area contributed by atoms with Gasteiger partial charge in [0.05, 0.1) is 10.5 Å². The van der Waals surface area contributed by atoms with Gasteiger partial charge in [-0.15, -0.1) is 0 Å². The lowest BCUT2D eigenvalue weighted by molar-refractivity contribution is -0.384. The number of nitriles is 1. The van der Waals surface area contributed by atoms with E-state index in [0.29, 0.717) is 0 Å². The van der Waals surface area contributed by atoms with Gasteiger partial charge in [-0.25, -0.2) is 4.98 Å². The SMILES string of the molecule is N#Cc1ccnc(N2CCc3c2cccc3C(F)(F)F)c1[N+](=O)[O-]. The van der Waals surface area contributed by atoms with Crippen LogP contribution in [-0.4, -0.2) is 16.5 Å². The number of anilines is 2. The molecule has 0 spiro atoms. The predicted molar refractivity (Wildman–Crippen MR) is 77.8 cm³/mol. The van der Waals surface area contributed by atoms with Crippen LogP contribution in [0.2, 0.25) is 0 Å². The van der Waals surface area contributed by atoms with Crippen molar-refractivity contribution in [3.05, 3.63) is 57.3 Å². The summed E-state index contributed by atoms with van der Waals surface area (Å²) in [6.45, 7) is 0.116. The van der Waals surface area contributed by atoms with Crippen molar-refractivity contribution in [1.29, 1.82) is 5.26 Å². The first-order valence-electron chi connectivity index (χ1n) is 6.84. The van der Waals surface area contributed by atoms with E-state index in [1.54, 1.807) is 6.07 Å². The fourth-order valence-electron chi connectivity index (χ4n) is 2.83. The number of fused-ring (bicyclic) bond motifs is 1. The maximum atomic E-state index is 13.1. The zero-order chi connectivity index (χ0) is 17.5. The number of benzene rings is 1. The van der Waals surface area contributed by atoms with Crippen LogP contribution in [0.1, 0.15) is 16.7 Å². The minimum Gasteiger partial charge on any atom is -0.320 e. The third kappa shape index (κ3) is 2.42. The number of rotatable bonds is 2. The Morgan fingerprint density at radius 3 is 2.71 bits per heavy atom. The Hall–Kier alpha value is -3.15. The highest BCUT2D eigenvalue weighted by Gasteiger charge is 2.38. The summed E-state index contributed by atoms with van der Waals surface area (Å²) >= 11 is 0. The number of hydrogen-bond acceptors (Lipinski definition) is 5. The smallest absolute Gasteiger partial charge is 0.320 e. The molecule has 0 saturated carbocycles. The van der Waals surface area contributed by atoms with Crippen LogP contribution in [-0.2, 0) is 12.6 Å². The van der Waals surface area contributed by atoms with Crippen molar-refractivity contribution in [1.82, 2.24) is 4.98 Å². The second-order valence-electron chi connectivity index (χ2n) is 5.10. The van der Waals surface area contributed by atoms with Crippen LogP contribution in [0.3, 0.4) is 0 Å². The topological polar surface area (TPSA) is 83.1 Å². The molecule has 0 radical (unpaired) electrons. The molecule has 1 aromatic heterocycles. The van der Waals surface area contributed by atoms with E-state index in [1.807, 2.05) is 0 Å². The summed E-state index contributed by atoms with van der Waals surface area (Å²) in [5.74, 6) is -0.128. The van der Waals surface area contributed by atoms with Crippen LogP contribution in [0.4, 0.5) is 30.4 Å². The number of hydrogen-bond donors (Lipinski definition) is 0. The zero-order valence-corrected chi connectivity index (χ0v) is 12.0. The van der Waals surface area contributed by atoms with E-state index >= 15 is 0 Å². The monoisotopic (exact) mass is 334 g/mol. The summed E-state index contributed by atoms with van der Waals surface area (Å²) < 4.78 is 39.3. The molecule has 0 fully saturated rings. The van der Waals surface area contributed by atoms with Crippen LogP contribution in [0.25, 0.3) is 0 Å². The number of halogens is 3. The molecule has 2 heterocycles. The van der Waals surface area contributed by atoms with Gasteiger partial charge in [-0.2, -0.15) is 18.4 Å². The van der Waals surface area contributed by atoms with E-state index < -0.39 is 22.4 Å². The first-order chi connectivity index (χ1) is 11.3. The first kappa shape index (κ1) is 15.7. The molecule has 6 nitrogen and oxygen atoms in total. The number of pyridine rings is 1. The van der Waals surface area contributed by atoms with E-state index in [0.717, 1.165) is 6.07 Å². The lowest BCUT2D eigenvalue weighted by atomic mass is 10.0. The molecule has 0 bridgehead atoms. The van der Waals surface area contributed by atoms with E-state index in [-0.39, 0.29) is 35.6 Å². The van der Waals surface area contributed by atoms with E-state index in [2.05, 4.69) is 4.98 Å². The molecule has 9 heteroatoms. The van der Waals surface area contributed by atoms with Gasteiger partial charge in [0, 0.05) is 18.4 Å². The van der Waals surface area contributed by atoms with Gasteiger partial charge in [-0.1, -0.05) is 6.07 Å². The molecule has 1 aliphatic rings. The van der Waals surface area contributed by atoms with Gasteiger partial charge >= 0.3 is 11.9 Å². The molecule has 2 aromatic rings. The van der Waals surface area contributed by atoms with E-state index in [1.165, 1.54) is 29.3 Å². The van der Waals surface area contributed by atoms with Crippen LogP contribution < -0.4 is 4.90 Å². The van der Waals surface area contributed by atoms with Gasteiger partial charge in [0.2, 0.25) is 5.82 Å². The average Bonchev–Trinajstić information content (AvgIpc) is 2.96. The largest absolute Gasteiger partial charge is 0.416 e. The second kappa shape index (κ2) is 5.49. The summed E-state index contributed by atoms with van der Waals surface area (Å²) in [5.41, 5.74) is -1.17. The van der Waals surface area contributed by atoms with E-state index in [9.17, 15) is 23.3 Å². The molecule has 122 valence electrons. The van der Waals surface area contributed by atoms with Gasteiger partial charge < -0.3 is 4.90 Å². The Labute approximate surface area is 133 Å². The standard InChI is InChI=1S/C15H9F3N4O2/c16-15(17,18)11-2-1-3-12-10(11)5-7-21(12)14-13(22(23)24)9(8-19)4-6-20-14/h1-4,6H,5,7H2. The molecule has 3 rings (SSSR count). The molecule has 0 saturated heterocycles. The van der Waals surface area contributed by atoms with Gasteiger partial charge in [-0.3, -0.25) is 10.1 Å². The Bertz CT molecular complexity index is 874. The highest BCUT2D eigenvalue weighted by Crippen LogP contribution is 2.43. The summed E-state index contributed by atoms with van der Waals surface area (Å²) in [6.07, 6.45) is -3.19. The quantitative estimate of drug-likeness (QED) is 0.619. The number of nitrogens with zero attached hydrogens (tertiary/aromatic N) is 4. The molecule has 1 aliphatic heterocycles. The summed E-state index contributed by atoms with van der Waals surface area (Å²) in [7, 11) is 0. The molecule has 0 amide bonds. The highest BCUT2D eigenvalue weighted by atomic mass is 19.4. The Kier molecular flexibility index (Phi) is 3.60. The van der Waals surface area contributed by atoms with Crippen LogP contribution >= 0.6 is 0 Å².